The van der Waals surface area contributed by atoms with Crippen molar-refractivity contribution in [3.8, 4) is 0 Å². The summed E-state index contributed by atoms with van der Waals surface area (Å²) in [5, 5.41) is 13.7. The number of carbonyl (C=O) groups excluding carboxylic acids is 1. The van der Waals surface area contributed by atoms with Crippen LogP contribution in [0, 0.1) is 10.1 Å². The average Bonchev–Trinajstić information content (AvgIpc) is 2.77. The number of nitrogen functional groups attached to an aromatic ring is 1. The van der Waals surface area contributed by atoms with Crippen LogP contribution >= 0.6 is 0 Å². The molecule has 166 valence electrons. The Bertz CT molecular complexity index is 1070. The second-order valence-corrected chi connectivity index (χ2v) is 8.71. The van der Waals surface area contributed by atoms with Gasteiger partial charge in [0.1, 0.15) is 12.9 Å². The highest BCUT2D eigenvalue weighted by atomic mass is 32.2. The third kappa shape index (κ3) is 5.24. The van der Waals surface area contributed by atoms with Crippen molar-refractivity contribution in [1.29, 1.82) is 0 Å². The Kier molecular flexibility index (Phi) is 6.97. The summed E-state index contributed by atoms with van der Waals surface area (Å²) in [7, 11) is -3.67. The zero-order chi connectivity index (χ0) is 22.4. The van der Waals surface area contributed by atoms with Crippen LogP contribution in [-0.4, -0.2) is 59.8 Å². The van der Waals surface area contributed by atoms with Crippen molar-refractivity contribution in [1.82, 2.24) is 14.3 Å². The van der Waals surface area contributed by atoms with Crippen molar-refractivity contribution >= 4 is 33.3 Å². The Morgan fingerprint density at radius 3 is 2.71 bits per heavy atom. The normalized spacial score (nSPS) is 14.7. The maximum atomic E-state index is 12.8. The lowest BCUT2D eigenvalue weighted by Gasteiger charge is -2.25. The minimum atomic E-state index is -3.67. The molecule has 0 aliphatic carbocycles. The van der Waals surface area contributed by atoms with E-state index < -0.39 is 26.6 Å². The van der Waals surface area contributed by atoms with Gasteiger partial charge in [0.05, 0.1) is 21.9 Å². The Balaban J connectivity index is 1.60. The van der Waals surface area contributed by atoms with E-state index in [4.69, 9.17) is 10.5 Å². The van der Waals surface area contributed by atoms with Crippen LogP contribution in [0.3, 0.4) is 0 Å². The summed E-state index contributed by atoms with van der Waals surface area (Å²) in [5.41, 5.74) is 5.11. The van der Waals surface area contributed by atoms with Gasteiger partial charge in [0.25, 0.3) is 0 Å². The fourth-order valence-electron chi connectivity index (χ4n) is 3.14. The number of rotatable bonds is 8. The van der Waals surface area contributed by atoms with Gasteiger partial charge in [-0.1, -0.05) is 12.5 Å². The van der Waals surface area contributed by atoms with Gasteiger partial charge in [-0.3, -0.25) is 10.1 Å². The maximum Gasteiger partial charge on any atom is 0.352 e. The van der Waals surface area contributed by atoms with Crippen LogP contribution in [0.25, 0.3) is 0 Å². The SMILES string of the molecule is Nc1ncnc(NCCOC(=O)c2cccc(S(=O)(=O)N3CCCCC3)c2)c1[N+](=O)[O-]. The van der Waals surface area contributed by atoms with E-state index in [1.165, 1.54) is 28.6 Å². The van der Waals surface area contributed by atoms with Crippen LogP contribution in [0.1, 0.15) is 29.6 Å². The van der Waals surface area contributed by atoms with E-state index in [9.17, 15) is 23.3 Å². The summed E-state index contributed by atoms with van der Waals surface area (Å²) in [6.07, 6.45) is 3.69. The molecule has 0 bridgehead atoms. The van der Waals surface area contributed by atoms with Crippen molar-refractivity contribution in [3.05, 3.63) is 46.3 Å². The van der Waals surface area contributed by atoms with Gasteiger partial charge in [-0.25, -0.2) is 23.2 Å². The molecule has 0 unspecified atom stereocenters. The molecule has 0 amide bonds. The Hall–Kier alpha value is -3.32. The molecule has 1 aliphatic rings. The van der Waals surface area contributed by atoms with Gasteiger partial charge >= 0.3 is 11.7 Å². The minimum Gasteiger partial charge on any atom is -0.460 e. The molecule has 12 nitrogen and oxygen atoms in total. The molecule has 0 saturated carbocycles. The number of piperidine rings is 1. The molecule has 3 rings (SSSR count). The number of nitrogens with zero attached hydrogens (tertiary/aromatic N) is 4. The Labute approximate surface area is 178 Å². The fraction of sp³-hybridized carbons (Fsp3) is 0.389. The van der Waals surface area contributed by atoms with Crippen LogP contribution in [0.15, 0.2) is 35.5 Å². The minimum absolute atomic E-state index is 0.0226. The molecule has 1 aromatic carbocycles. The number of esters is 1. The number of benzene rings is 1. The van der Waals surface area contributed by atoms with Gasteiger partial charge in [-0.2, -0.15) is 4.31 Å². The number of aromatic nitrogens is 2. The summed E-state index contributed by atoms with van der Waals surface area (Å²) in [6.45, 7) is 0.808. The molecule has 1 aromatic heterocycles. The second-order valence-electron chi connectivity index (χ2n) is 6.77. The van der Waals surface area contributed by atoms with Crippen molar-refractivity contribution in [2.45, 2.75) is 24.2 Å². The van der Waals surface area contributed by atoms with E-state index in [2.05, 4.69) is 15.3 Å². The third-order valence-electron chi connectivity index (χ3n) is 4.68. The van der Waals surface area contributed by atoms with Crippen LogP contribution in [-0.2, 0) is 14.8 Å². The molecule has 13 heteroatoms. The number of nitro groups is 1. The molecule has 31 heavy (non-hydrogen) atoms. The summed E-state index contributed by atoms with van der Waals surface area (Å²) < 4.78 is 32.1. The molecular weight excluding hydrogens is 428 g/mol. The first-order valence-electron chi connectivity index (χ1n) is 9.57. The summed E-state index contributed by atoms with van der Waals surface area (Å²) in [4.78, 5) is 30.0. The summed E-state index contributed by atoms with van der Waals surface area (Å²) >= 11 is 0. The maximum absolute atomic E-state index is 12.8. The quantitative estimate of drug-likeness (QED) is 0.259. The first-order valence-corrected chi connectivity index (χ1v) is 11.0. The predicted octanol–water partition coefficient (Wildman–Crippen LogP) is 1.41. The smallest absolute Gasteiger partial charge is 0.352 e. The predicted molar refractivity (Wildman–Crippen MR) is 111 cm³/mol. The monoisotopic (exact) mass is 450 g/mol. The van der Waals surface area contributed by atoms with E-state index in [1.807, 2.05) is 0 Å². The van der Waals surface area contributed by atoms with Crippen molar-refractivity contribution in [3.63, 3.8) is 0 Å². The van der Waals surface area contributed by atoms with Crippen LogP contribution < -0.4 is 11.1 Å². The molecule has 1 fully saturated rings. The molecule has 3 N–H and O–H groups in total. The number of ether oxygens (including phenoxy) is 1. The van der Waals surface area contributed by atoms with Crippen molar-refractivity contribution in [2.75, 3.05) is 37.3 Å². The van der Waals surface area contributed by atoms with Crippen LogP contribution in [0.2, 0.25) is 0 Å². The number of sulfonamides is 1. The van der Waals surface area contributed by atoms with Gasteiger partial charge in [0.15, 0.2) is 0 Å². The highest BCUT2D eigenvalue weighted by molar-refractivity contribution is 7.89. The molecule has 0 radical (unpaired) electrons. The number of nitrogens with one attached hydrogen (secondary N) is 1. The standard InChI is InChI=1S/C18H22N6O6S/c19-16-15(24(26)27)17(22-12-21-16)20-7-10-30-18(25)13-5-4-6-14(11-13)31(28,29)23-8-2-1-3-9-23/h4-6,11-12H,1-3,7-10H2,(H3,19,20,21,22). The largest absolute Gasteiger partial charge is 0.460 e. The van der Waals surface area contributed by atoms with E-state index in [1.54, 1.807) is 0 Å². The Morgan fingerprint density at radius 1 is 1.26 bits per heavy atom. The van der Waals surface area contributed by atoms with E-state index in [0.717, 1.165) is 25.6 Å². The van der Waals surface area contributed by atoms with E-state index in [0.29, 0.717) is 13.1 Å². The zero-order valence-corrected chi connectivity index (χ0v) is 17.4. The fourth-order valence-corrected chi connectivity index (χ4v) is 4.70. The topological polar surface area (TPSA) is 171 Å². The number of hydrogen-bond donors (Lipinski definition) is 2. The van der Waals surface area contributed by atoms with Gasteiger partial charge in [-0.15, -0.1) is 0 Å². The third-order valence-corrected chi connectivity index (χ3v) is 6.58. The molecule has 2 aromatic rings. The van der Waals surface area contributed by atoms with Crippen LogP contribution in [0.5, 0.6) is 0 Å². The first kappa shape index (κ1) is 22.4. The molecule has 1 saturated heterocycles. The highest BCUT2D eigenvalue weighted by Crippen LogP contribution is 2.26. The molecule has 2 heterocycles. The van der Waals surface area contributed by atoms with Crippen molar-refractivity contribution in [2.24, 2.45) is 0 Å². The van der Waals surface area contributed by atoms with Crippen molar-refractivity contribution < 1.29 is 22.9 Å². The van der Waals surface area contributed by atoms with Gasteiger partial charge in [-0.05, 0) is 31.0 Å². The van der Waals surface area contributed by atoms with Gasteiger partial charge in [0, 0.05) is 13.1 Å². The molecule has 0 spiro atoms. The second kappa shape index (κ2) is 9.66. The summed E-state index contributed by atoms with van der Waals surface area (Å²) in [6, 6.07) is 5.68. The average molecular weight is 450 g/mol. The Morgan fingerprint density at radius 2 is 2.00 bits per heavy atom. The zero-order valence-electron chi connectivity index (χ0n) is 16.6. The number of carbonyl (C=O) groups is 1. The molecule has 0 atom stereocenters. The first-order chi connectivity index (χ1) is 14.8. The number of nitrogens with two attached hydrogens (primary N) is 1. The number of anilines is 2. The van der Waals surface area contributed by atoms with E-state index >= 15 is 0 Å². The summed E-state index contributed by atoms with van der Waals surface area (Å²) in [5.74, 6) is -1.09. The lowest BCUT2D eigenvalue weighted by molar-refractivity contribution is -0.383. The molecule has 1 aliphatic heterocycles. The highest BCUT2D eigenvalue weighted by Gasteiger charge is 2.26. The van der Waals surface area contributed by atoms with Gasteiger partial charge < -0.3 is 15.8 Å². The lowest BCUT2D eigenvalue weighted by atomic mass is 10.2. The lowest BCUT2D eigenvalue weighted by Crippen LogP contribution is -2.35. The van der Waals surface area contributed by atoms with Gasteiger partial charge in [0.2, 0.25) is 21.7 Å². The van der Waals surface area contributed by atoms with E-state index in [-0.39, 0.29) is 35.2 Å². The van der Waals surface area contributed by atoms with Crippen LogP contribution in [0.4, 0.5) is 17.3 Å². The number of hydrogen-bond acceptors (Lipinski definition) is 10. The molecular formula is C18H22N6O6S.